The predicted octanol–water partition coefficient (Wildman–Crippen LogP) is 3.11. The number of nitrogens with one attached hydrogen (secondary N) is 1. The number of nitriles is 1. The van der Waals surface area contributed by atoms with Gasteiger partial charge in [-0.05, 0) is 19.3 Å². The lowest BCUT2D eigenvalue weighted by molar-refractivity contribution is -0.139. The number of amides is 1. The maximum Gasteiger partial charge on any atom is 0.311 e. The maximum absolute atomic E-state index is 12.1. The number of carboxylic acid groups (broad SMARTS) is 1. The first-order valence-corrected chi connectivity index (χ1v) is 7.67. The van der Waals surface area contributed by atoms with Gasteiger partial charge in [-0.1, -0.05) is 20.8 Å². The highest BCUT2D eigenvalue weighted by Gasteiger charge is 2.33. The molecule has 21 heavy (non-hydrogen) atoms. The minimum absolute atomic E-state index is 0.176. The van der Waals surface area contributed by atoms with Gasteiger partial charge in [0.1, 0.15) is 11.1 Å². The van der Waals surface area contributed by atoms with Gasteiger partial charge in [-0.2, -0.15) is 5.26 Å². The van der Waals surface area contributed by atoms with Crippen molar-refractivity contribution in [2.24, 2.45) is 5.41 Å². The van der Waals surface area contributed by atoms with Crippen LogP contribution in [-0.4, -0.2) is 17.0 Å². The third kappa shape index (κ3) is 2.93. The van der Waals surface area contributed by atoms with Crippen molar-refractivity contribution in [2.45, 2.75) is 46.0 Å². The van der Waals surface area contributed by atoms with E-state index in [0.717, 1.165) is 17.7 Å². The van der Waals surface area contributed by atoms with Gasteiger partial charge in [0.25, 0.3) is 0 Å². The zero-order valence-corrected chi connectivity index (χ0v) is 13.1. The number of thiophene rings is 1. The Kier molecular flexibility index (Phi) is 4.06. The summed E-state index contributed by atoms with van der Waals surface area (Å²) in [6, 6.07) is 2.08. The Hall–Kier alpha value is -1.87. The second kappa shape index (κ2) is 5.49. The van der Waals surface area contributed by atoms with Crippen LogP contribution in [0.15, 0.2) is 0 Å². The van der Waals surface area contributed by atoms with Gasteiger partial charge in [0, 0.05) is 15.9 Å². The molecule has 0 aromatic carbocycles. The Morgan fingerprint density at radius 3 is 2.62 bits per heavy atom. The number of aliphatic carboxylic acids is 1. The van der Waals surface area contributed by atoms with E-state index in [1.54, 1.807) is 20.8 Å². The van der Waals surface area contributed by atoms with Crippen LogP contribution < -0.4 is 5.32 Å². The van der Waals surface area contributed by atoms with Crippen molar-refractivity contribution in [3.05, 3.63) is 16.0 Å². The SMILES string of the molecule is CC(C)(C)C(=O)Nc1sc2c(c1C#N)C(C(=O)O)CCC2. The second-order valence-electron chi connectivity index (χ2n) is 6.24. The van der Waals surface area contributed by atoms with Gasteiger partial charge in [0.15, 0.2) is 0 Å². The number of carbonyl (C=O) groups is 2. The smallest absolute Gasteiger partial charge is 0.311 e. The zero-order valence-electron chi connectivity index (χ0n) is 12.3. The minimum Gasteiger partial charge on any atom is -0.481 e. The topological polar surface area (TPSA) is 90.2 Å². The summed E-state index contributed by atoms with van der Waals surface area (Å²) in [5.41, 5.74) is 0.355. The number of carboxylic acids is 1. The van der Waals surface area contributed by atoms with Crippen LogP contribution >= 0.6 is 11.3 Å². The summed E-state index contributed by atoms with van der Waals surface area (Å²) in [4.78, 5) is 24.4. The third-order valence-corrected chi connectivity index (χ3v) is 4.77. The summed E-state index contributed by atoms with van der Waals surface area (Å²) in [5.74, 6) is -1.72. The van der Waals surface area contributed by atoms with Crippen molar-refractivity contribution in [3.8, 4) is 6.07 Å². The Morgan fingerprint density at radius 2 is 2.10 bits per heavy atom. The van der Waals surface area contributed by atoms with Crippen LogP contribution in [0.5, 0.6) is 0 Å². The number of hydrogen-bond acceptors (Lipinski definition) is 4. The minimum atomic E-state index is -0.904. The van der Waals surface area contributed by atoms with Crippen LogP contribution in [0.4, 0.5) is 5.00 Å². The predicted molar refractivity (Wildman–Crippen MR) is 80.4 cm³/mol. The van der Waals surface area contributed by atoms with E-state index in [4.69, 9.17) is 0 Å². The Balaban J connectivity index is 2.44. The van der Waals surface area contributed by atoms with Crippen LogP contribution in [0.2, 0.25) is 0 Å². The van der Waals surface area contributed by atoms with E-state index in [9.17, 15) is 20.0 Å². The fourth-order valence-corrected chi connectivity index (χ4v) is 3.64. The fourth-order valence-electron chi connectivity index (χ4n) is 2.39. The van der Waals surface area contributed by atoms with Gasteiger partial charge in [0.05, 0.1) is 11.5 Å². The summed E-state index contributed by atoms with van der Waals surface area (Å²) in [5, 5.41) is 22.0. The molecule has 1 heterocycles. The number of fused-ring (bicyclic) bond motifs is 1. The van der Waals surface area contributed by atoms with Gasteiger partial charge >= 0.3 is 5.97 Å². The monoisotopic (exact) mass is 306 g/mol. The molecule has 2 rings (SSSR count). The van der Waals surface area contributed by atoms with E-state index in [0.29, 0.717) is 22.5 Å². The van der Waals surface area contributed by atoms with E-state index in [1.165, 1.54) is 11.3 Å². The van der Waals surface area contributed by atoms with Gasteiger partial charge in [-0.3, -0.25) is 9.59 Å². The molecule has 1 amide bonds. The largest absolute Gasteiger partial charge is 0.481 e. The fraction of sp³-hybridized carbons (Fsp3) is 0.533. The standard InChI is InChI=1S/C15H18N2O3S/c1-15(2,3)14(20)17-12-9(7-16)11-8(13(18)19)5-4-6-10(11)21-12/h8H,4-6H2,1-3H3,(H,17,20)(H,18,19). The summed E-state index contributed by atoms with van der Waals surface area (Å²) in [6.07, 6.45) is 2.10. The van der Waals surface area contributed by atoms with E-state index < -0.39 is 17.3 Å². The zero-order chi connectivity index (χ0) is 15.8. The normalized spacial score (nSPS) is 17.7. The quantitative estimate of drug-likeness (QED) is 0.878. The summed E-state index contributed by atoms with van der Waals surface area (Å²) < 4.78 is 0. The molecule has 1 aliphatic carbocycles. The number of anilines is 1. The van der Waals surface area contributed by atoms with E-state index in [1.807, 2.05) is 0 Å². The lowest BCUT2D eigenvalue weighted by atomic mass is 9.85. The van der Waals surface area contributed by atoms with Crippen molar-refractivity contribution in [2.75, 3.05) is 5.32 Å². The highest BCUT2D eigenvalue weighted by atomic mass is 32.1. The average molecular weight is 306 g/mol. The molecule has 1 aromatic heterocycles. The molecule has 1 unspecified atom stereocenters. The molecule has 112 valence electrons. The molecular weight excluding hydrogens is 288 g/mol. The first-order chi connectivity index (χ1) is 9.75. The average Bonchev–Trinajstić information content (AvgIpc) is 2.74. The summed E-state index contributed by atoms with van der Waals surface area (Å²) in [6.45, 7) is 5.38. The van der Waals surface area contributed by atoms with Crippen LogP contribution in [-0.2, 0) is 16.0 Å². The molecular formula is C15H18N2O3S. The van der Waals surface area contributed by atoms with Crippen molar-refractivity contribution in [1.29, 1.82) is 5.26 Å². The lowest BCUT2D eigenvalue weighted by Crippen LogP contribution is -2.27. The van der Waals surface area contributed by atoms with Crippen molar-refractivity contribution in [1.82, 2.24) is 0 Å². The van der Waals surface area contributed by atoms with Gasteiger partial charge in [0.2, 0.25) is 5.91 Å². The number of aryl methyl sites for hydroxylation is 1. The maximum atomic E-state index is 12.1. The van der Waals surface area contributed by atoms with E-state index in [2.05, 4.69) is 11.4 Å². The number of rotatable bonds is 2. The molecule has 2 N–H and O–H groups in total. The Bertz CT molecular complexity index is 635. The molecule has 6 heteroatoms. The third-order valence-electron chi connectivity index (χ3n) is 3.59. The molecule has 0 radical (unpaired) electrons. The molecule has 1 atom stereocenters. The Labute approximate surface area is 127 Å². The second-order valence-corrected chi connectivity index (χ2v) is 7.35. The number of hydrogen-bond donors (Lipinski definition) is 2. The van der Waals surface area contributed by atoms with Gasteiger partial charge in [-0.15, -0.1) is 11.3 Å². The molecule has 5 nitrogen and oxygen atoms in total. The van der Waals surface area contributed by atoms with E-state index in [-0.39, 0.29) is 5.91 Å². The van der Waals surface area contributed by atoms with Crippen LogP contribution in [0, 0.1) is 16.7 Å². The molecule has 0 fully saturated rings. The van der Waals surface area contributed by atoms with Crippen molar-refractivity contribution < 1.29 is 14.7 Å². The van der Waals surface area contributed by atoms with E-state index >= 15 is 0 Å². The molecule has 1 aliphatic rings. The van der Waals surface area contributed by atoms with Crippen LogP contribution in [0.25, 0.3) is 0 Å². The number of nitrogens with zero attached hydrogens (tertiary/aromatic N) is 1. The highest BCUT2D eigenvalue weighted by molar-refractivity contribution is 7.16. The summed E-state index contributed by atoms with van der Waals surface area (Å²) in [7, 11) is 0. The Morgan fingerprint density at radius 1 is 1.43 bits per heavy atom. The van der Waals surface area contributed by atoms with Crippen LogP contribution in [0.1, 0.15) is 55.5 Å². The summed E-state index contributed by atoms with van der Waals surface area (Å²) >= 11 is 1.33. The molecule has 0 spiro atoms. The first kappa shape index (κ1) is 15.5. The molecule has 0 saturated heterocycles. The molecule has 0 saturated carbocycles. The lowest BCUT2D eigenvalue weighted by Gasteiger charge is -2.19. The van der Waals surface area contributed by atoms with Gasteiger partial charge in [-0.25, -0.2) is 0 Å². The van der Waals surface area contributed by atoms with Crippen molar-refractivity contribution in [3.63, 3.8) is 0 Å². The van der Waals surface area contributed by atoms with Crippen molar-refractivity contribution >= 4 is 28.2 Å². The van der Waals surface area contributed by atoms with Gasteiger partial charge < -0.3 is 10.4 Å². The number of carbonyl (C=O) groups excluding carboxylic acids is 1. The highest BCUT2D eigenvalue weighted by Crippen LogP contribution is 2.43. The molecule has 0 bridgehead atoms. The molecule has 1 aromatic rings. The van der Waals surface area contributed by atoms with Crippen LogP contribution in [0.3, 0.4) is 0 Å². The first-order valence-electron chi connectivity index (χ1n) is 6.85. The molecule has 0 aliphatic heterocycles.